The zero-order valence-corrected chi connectivity index (χ0v) is 14.6. The van der Waals surface area contributed by atoms with Crippen LogP contribution in [0.25, 0.3) is 0 Å². The highest BCUT2D eigenvalue weighted by Crippen LogP contribution is 2.41. The number of carbonyl (C=O) groups is 1. The Morgan fingerprint density at radius 3 is 2.54 bits per heavy atom. The molecule has 2 aromatic rings. The van der Waals surface area contributed by atoms with Gasteiger partial charge in [0.2, 0.25) is 0 Å². The Labute approximate surface area is 152 Å². The van der Waals surface area contributed by atoms with Crippen molar-refractivity contribution < 1.29 is 13.9 Å². The molecule has 26 heavy (non-hydrogen) atoms. The summed E-state index contributed by atoms with van der Waals surface area (Å²) in [6, 6.07) is 13.6. The van der Waals surface area contributed by atoms with Crippen molar-refractivity contribution in [3.05, 3.63) is 65.5 Å². The molecule has 2 aromatic carbocycles. The van der Waals surface area contributed by atoms with E-state index < -0.39 is 0 Å². The number of benzene rings is 2. The quantitative estimate of drug-likeness (QED) is 0.897. The highest BCUT2D eigenvalue weighted by Gasteiger charge is 2.42. The first-order chi connectivity index (χ1) is 12.6. The van der Waals surface area contributed by atoms with Gasteiger partial charge in [-0.2, -0.15) is 0 Å². The van der Waals surface area contributed by atoms with E-state index in [1.165, 1.54) is 18.9 Å². The van der Waals surface area contributed by atoms with Crippen LogP contribution in [0.3, 0.4) is 0 Å². The lowest BCUT2D eigenvalue weighted by Crippen LogP contribution is -2.32. The molecule has 4 nitrogen and oxygen atoms in total. The van der Waals surface area contributed by atoms with E-state index in [1.54, 1.807) is 42.5 Å². The number of rotatable bonds is 5. The molecule has 0 aromatic heterocycles. The number of amides is 1. The van der Waals surface area contributed by atoms with Crippen molar-refractivity contribution in [3.8, 4) is 5.75 Å². The summed E-state index contributed by atoms with van der Waals surface area (Å²) in [5.41, 5.74) is 7.35. The zero-order chi connectivity index (χ0) is 18.1. The molecular weight excluding hydrogens is 331 g/mol. The number of nitrogens with zero attached hydrogens (tertiary/aromatic N) is 1. The summed E-state index contributed by atoms with van der Waals surface area (Å²) < 4.78 is 19.2. The second kappa shape index (κ2) is 7.08. The zero-order valence-electron chi connectivity index (χ0n) is 14.6. The number of halogens is 1. The fourth-order valence-electron chi connectivity index (χ4n) is 3.70. The number of ether oxygens (including phenoxy) is 1. The van der Waals surface area contributed by atoms with E-state index in [4.69, 9.17) is 10.5 Å². The Morgan fingerprint density at radius 2 is 1.85 bits per heavy atom. The number of carbonyl (C=O) groups excluding carboxylic acids is 1. The minimum absolute atomic E-state index is 0.0178. The minimum atomic E-state index is -0.283. The molecule has 2 aliphatic rings. The van der Waals surface area contributed by atoms with Gasteiger partial charge in [-0.05, 0) is 55.0 Å². The first-order valence-electron chi connectivity index (χ1n) is 9.13. The second-order valence-corrected chi connectivity index (χ2v) is 7.28. The molecule has 0 bridgehead atoms. The maximum atomic E-state index is 13.6. The summed E-state index contributed by atoms with van der Waals surface area (Å²) in [6.07, 6.45) is 2.49. The number of hydrogen-bond donors (Lipinski definition) is 1. The van der Waals surface area contributed by atoms with Crippen molar-refractivity contribution in [1.82, 2.24) is 4.90 Å². The number of likely N-dealkylation sites (tertiary alicyclic amines) is 1. The molecule has 0 radical (unpaired) electrons. The number of nitrogens with two attached hydrogens (primary N) is 1. The fourth-order valence-corrected chi connectivity index (χ4v) is 3.70. The van der Waals surface area contributed by atoms with Gasteiger partial charge in [0.25, 0.3) is 5.91 Å². The van der Waals surface area contributed by atoms with Crippen LogP contribution in [0.1, 0.15) is 28.8 Å². The van der Waals surface area contributed by atoms with E-state index in [9.17, 15) is 9.18 Å². The normalized spacial score (nSPS) is 22.5. The van der Waals surface area contributed by atoms with Crippen molar-refractivity contribution in [2.24, 2.45) is 17.6 Å². The van der Waals surface area contributed by atoms with Crippen LogP contribution in [0.2, 0.25) is 0 Å². The fraction of sp³-hybridized carbons (Fsp3) is 0.381. The van der Waals surface area contributed by atoms with Gasteiger partial charge in [0, 0.05) is 30.3 Å². The molecule has 1 saturated carbocycles. The third kappa shape index (κ3) is 3.58. The standard InChI is InChI=1S/C21H23FN2O2/c22-19-4-2-1-3-16(19)13-26-17-9-7-15(8-10-17)21(25)24-11-18(14-5-6-14)20(23)12-24/h1-4,7-10,14,18,20H,5-6,11-13,23H2/t18-,20+/m0/s1. The van der Waals surface area contributed by atoms with E-state index >= 15 is 0 Å². The predicted molar refractivity (Wildman–Crippen MR) is 97.3 cm³/mol. The third-order valence-electron chi connectivity index (χ3n) is 5.38. The number of hydrogen-bond acceptors (Lipinski definition) is 3. The molecule has 4 rings (SSSR count). The van der Waals surface area contributed by atoms with Crippen molar-refractivity contribution >= 4 is 5.91 Å². The van der Waals surface area contributed by atoms with E-state index in [-0.39, 0.29) is 24.4 Å². The van der Waals surface area contributed by atoms with Gasteiger partial charge >= 0.3 is 0 Å². The molecule has 5 heteroatoms. The smallest absolute Gasteiger partial charge is 0.253 e. The Kier molecular flexibility index (Phi) is 4.64. The van der Waals surface area contributed by atoms with Crippen LogP contribution in [-0.2, 0) is 6.61 Å². The molecule has 1 aliphatic heterocycles. The molecule has 0 spiro atoms. The van der Waals surface area contributed by atoms with E-state index in [2.05, 4.69) is 0 Å². The molecule has 136 valence electrons. The average Bonchev–Trinajstić information content (AvgIpc) is 3.43. The van der Waals surface area contributed by atoms with E-state index in [1.807, 2.05) is 4.90 Å². The summed E-state index contributed by atoms with van der Waals surface area (Å²) in [5.74, 6) is 1.50. The molecular formula is C21H23FN2O2. The van der Waals surface area contributed by atoms with E-state index in [0.717, 1.165) is 6.54 Å². The third-order valence-corrected chi connectivity index (χ3v) is 5.38. The summed E-state index contributed by atoms with van der Waals surface area (Å²) in [4.78, 5) is 14.6. The molecule has 2 atom stereocenters. The second-order valence-electron chi connectivity index (χ2n) is 7.28. The van der Waals surface area contributed by atoms with Gasteiger partial charge in [-0.3, -0.25) is 4.79 Å². The molecule has 2 fully saturated rings. The predicted octanol–water partition coefficient (Wildman–Crippen LogP) is 3.21. The minimum Gasteiger partial charge on any atom is -0.489 e. The Hall–Kier alpha value is -2.40. The van der Waals surface area contributed by atoms with Crippen LogP contribution in [-0.4, -0.2) is 29.9 Å². The molecule has 0 unspecified atom stereocenters. The van der Waals surface area contributed by atoms with Gasteiger partial charge in [-0.25, -0.2) is 4.39 Å². The largest absolute Gasteiger partial charge is 0.489 e. The first kappa shape index (κ1) is 17.0. The van der Waals surface area contributed by atoms with Crippen molar-refractivity contribution in [2.45, 2.75) is 25.5 Å². The van der Waals surface area contributed by atoms with Crippen LogP contribution in [0, 0.1) is 17.7 Å². The van der Waals surface area contributed by atoms with Crippen LogP contribution in [0.15, 0.2) is 48.5 Å². The first-order valence-corrected chi connectivity index (χ1v) is 9.13. The maximum Gasteiger partial charge on any atom is 0.253 e. The van der Waals surface area contributed by atoms with Crippen molar-refractivity contribution in [3.63, 3.8) is 0 Å². The van der Waals surface area contributed by atoms with Crippen LogP contribution < -0.4 is 10.5 Å². The van der Waals surface area contributed by atoms with Gasteiger partial charge in [0.05, 0.1) is 0 Å². The lowest BCUT2D eigenvalue weighted by molar-refractivity contribution is 0.0785. The molecule has 1 heterocycles. The highest BCUT2D eigenvalue weighted by atomic mass is 19.1. The SMILES string of the molecule is N[C@@H]1CN(C(=O)c2ccc(OCc3ccccc3F)cc2)C[C@H]1C1CC1. The van der Waals surface area contributed by atoms with Gasteiger partial charge in [-0.1, -0.05) is 18.2 Å². The molecule has 1 amide bonds. The topological polar surface area (TPSA) is 55.6 Å². The Balaban J connectivity index is 1.36. The lowest BCUT2D eigenvalue weighted by Gasteiger charge is -2.16. The monoisotopic (exact) mass is 354 g/mol. The van der Waals surface area contributed by atoms with Gasteiger partial charge in [-0.15, -0.1) is 0 Å². The van der Waals surface area contributed by atoms with Crippen LogP contribution in [0.5, 0.6) is 5.75 Å². The Bertz CT molecular complexity index is 789. The van der Waals surface area contributed by atoms with Crippen LogP contribution in [0.4, 0.5) is 4.39 Å². The summed E-state index contributed by atoms with van der Waals surface area (Å²) in [6.45, 7) is 1.55. The van der Waals surface area contributed by atoms with Gasteiger partial charge in [0.15, 0.2) is 0 Å². The lowest BCUT2D eigenvalue weighted by atomic mass is 9.99. The molecule has 2 N–H and O–H groups in total. The summed E-state index contributed by atoms with van der Waals surface area (Å²) >= 11 is 0. The maximum absolute atomic E-state index is 13.6. The van der Waals surface area contributed by atoms with Gasteiger partial charge in [0.1, 0.15) is 18.2 Å². The summed E-state index contributed by atoms with van der Waals surface area (Å²) in [7, 11) is 0. The Morgan fingerprint density at radius 1 is 1.12 bits per heavy atom. The van der Waals surface area contributed by atoms with E-state index in [0.29, 0.717) is 35.3 Å². The van der Waals surface area contributed by atoms with Crippen LogP contribution >= 0.6 is 0 Å². The van der Waals surface area contributed by atoms with Gasteiger partial charge < -0.3 is 15.4 Å². The summed E-state index contributed by atoms with van der Waals surface area (Å²) in [5, 5.41) is 0. The molecule has 1 aliphatic carbocycles. The molecule has 1 saturated heterocycles. The van der Waals surface area contributed by atoms with Crippen molar-refractivity contribution in [2.75, 3.05) is 13.1 Å². The average molecular weight is 354 g/mol. The highest BCUT2D eigenvalue weighted by molar-refractivity contribution is 5.94. The van der Waals surface area contributed by atoms with Crippen molar-refractivity contribution in [1.29, 1.82) is 0 Å².